The number of nitro groups is 1. The summed E-state index contributed by atoms with van der Waals surface area (Å²) in [7, 11) is 0. The number of fused-ring (bicyclic) bond motifs is 1. The van der Waals surface area contributed by atoms with Crippen LogP contribution in [0.15, 0.2) is 0 Å². The first-order chi connectivity index (χ1) is 6.71. The highest BCUT2D eigenvalue weighted by Crippen LogP contribution is 2.43. The third-order valence-electron chi connectivity index (χ3n) is 3.62. The number of hydrogen-bond acceptors (Lipinski definition) is 4. The summed E-state index contributed by atoms with van der Waals surface area (Å²) in [5, 5.41) is 20.3. The Bertz CT molecular complexity index is 237. The zero-order chi connectivity index (χ0) is 10.2. The molecule has 1 saturated heterocycles. The summed E-state index contributed by atoms with van der Waals surface area (Å²) < 4.78 is 5.42. The topological polar surface area (TPSA) is 72.6 Å². The van der Waals surface area contributed by atoms with Crippen LogP contribution in [0.3, 0.4) is 0 Å². The minimum atomic E-state index is -0.993. The fourth-order valence-corrected chi connectivity index (χ4v) is 2.79. The summed E-state index contributed by atoms with van der Waals surface area (Å²) in [6, 6.07) is 0. The first kappa shape index (κ1) is 9.86. The molecule has 2 fully saturated rings. The van der Waals surface area contributed by atoms with Crippen molar-refractivity contribution >= 4 is 0 Å². The van der Waals surface area contributed by atoms with E-state index in [1.54, 1.807) is 0 Å². The van der Waals surface area contributed by atoms with Gasteiger partial charge in [0.1, 0.15) is 6.10 Å². The molecule has 1 aliphatic carbocycles. The zero-order valence-corrected chi connectivity index (χ0v) is 8.02. The van der Waals surface area contributed by atoms with Crippen molar-refractivity contribution in [1.29, 1.82) is 0 Å². The third kappa shape index (κ3) is 1.15. The van der Waals surface area contributed by atoms with Crippen LogP contribution in [0.25, 0.3) is 0 Å². The van der Waals surface area contributed by atoms with Gasteiger partial charge in [0.2, 0.25) is 0 Å². The van der Waals surface area contributed by atoms with Gasteiger partial charge in [-0.25, -0.2) is 0 Å². The van der Waals surface area contributed by atoms with Crippen molar-refractivity contribution in [2.75, 3.05) is 13.2 Å². The second-order valence-electron chi connectivity index (χ2n) is 4.20. The van der Waals surface area contributed by atoms with Crippen molar-refractivity contribution in [2.45, 2.75) is 37.3 Å². The van der Waals surface area contributed by atoms with E-state index in [4.69, 9.17) is 9.84 Å². The molecule has 1 heterocycles. The Morgan fingerprint density at radius 2 is 2.36 bits per heavy atom. The van der Waals surface area contributed by atoms with Gasteiger partial charge >= 0.3 is 0 Å². The molecule has 0 amide bonds. The van der Waals surface area contributed by atoms with E-state index in [1.165, 1.54) is 0 Å². The molecular weight excluding hydrogens is 186 g/mol. The molecule has 0 aromatic rings. The van der Waals surface area contributed by atoms with Gasteiger partial charge < -0.3 is 9.84 Å². The standard InChI is InChI=1S/C9H15NO4/c11-5-7-6-14-8-3-1-2-4-9(7,8)10(12)13/h7-8,11H,1-6H2/t7-,8+,9-/m0/s1. The van der Waals surface area contributed by atoms with Crippen molar-refractivity contribution in [2.24, 2.45) is 5.92 Å². The Morgan fingerprint density at radius 1 is 1.57 bits per heavy atom. The summed E-state index contributed by atoms with van der Waals surface area (Å²) in [4.78, 5) is 10.9. The van der Waals surface area contributed by atoms with Crippen molar-refractivity contribution in [3.05, 3.63) is 10.1 Å². The first-order valence-electron chi connectivity index (χ1n) is 5.09. The van der Waals surface area contributed by atoms with Crippen molar-refractivity contribution in [1.82, 2.24) is 0 Å². The monoisotopic (exact) mass is 201 g/mol. The largest absolute Gasteiger partial charge is 0.396 e. The smallest absolute Gasteiger partial charge is 0.255 e. The second kappa shape index (κ2) is 3.47. The molecule has 0 spiro atoms. The zero-order valence-electron chi connectivity index (χ0n) is 8.02. The molecule has 3 atom stereocenters. The first-order valence-corrected chi connectivity index (χ1v) is 5.09. The van der Waals surface area contributed by atoms with Gasteiger partial charge in [0, 0.05) is 11.3 Å². The minimum Gasteiger partial charge on any atom is -0.396 e. The molecule has 0 radical (unpaired) electrons. The fourth-order valence-electron chi connectivity index (χ4n) is 2.79. The van der Waals surface area contributed by atoms with E-state index < -0.39 is 5.54 Å². The van der Waals surface area contributed by atoms with Gasteiger partial charge in [0.25, 0.3) is 5.54 Å². The summed E-state index contributed by atoms with van der Waals surface area (Å²) in [5.41, 5.74) is -0.993. The molecule has 1 aliphatic heterocycles. The Hall–Kier alpha value is -0.680. The molecule has 14 heavy (non-hydrogen) atoms. The molecular formula is C9H15NO4. The van der Waals surface area contributed by atoms with Crippen LogP contribution in [0, 0.1) is 16.0 Å². The third-order valence-corrected chi connectivity index (χ3v) is 3.62. The maximum Gasteiger partial charge on any atom is 0.255 e. The van der Waals surface area contributed by atoms with E-state index in [1.807, 2.05) is 0 Å². The molecule has 5 heteroatoms. The van der Waals surface area contributed by atoms with Crippen molar-refractivity contribution in [3.8, 4) is 0 Å². The van der Waals surface area contributed by atoms with Crippen LogP contribution in [-0.4, -0.2) is 34.9 Å². The Balaban J connectivity index is 2.29. The van der Waals surface area contributed by atoms with Crippen LogP contribution in [0.4, 0.5) is 0 Å². The maximum absolute atomic E-state index is 11.1. The number of aliphatic hydroxyl groups excluding tert-OH is 1. The quantitative estimate of drug-likeness (QED) is 0.524. The average Bonchev–Trinajstić information content (AvgIpc) is 2.57. The van der Waals surface area contributed by atoms with Gasteiger partial charge in [-0.2, -0.15) is 0 Å². The van der Waals surface area contributed by atoms with Crippen LogP contribution in [-0.2, 0) is 4.74 Å². The lowest BCUT2D eigenvalue weighted by atomic mass is 9.73. The summed E-state index contributed by atoms with van der Waals surface area (Å²) in [6.07, 6.45) is 2.91. The highest BCUT2D eigenvalue weighted by atomic mass is 16.6. The highest BCUT2D eigenvalue weighted by molar-refractivity contribution is 5.01. The molecule has 2 rings (SSSR count). The normalized spacial score (nSPS) is 42.1. The molecule has 2 aliphatic rings. The minimum absolute atomic E-state index is 0.141. The van der Waals surface area contributed by atoms with Crippen LogP contribution < -0.4 is 0 Å². The van der Waals surface area contributed by atoms with Crippen molar-refractivity contribution in [3.63, 3.8) is 0 Å². The van der Waals surface area contributed by atoms with Gasteiger partial charge in [-0.15, -0.1) is 0 Å². The summed E-state index contributed by atoms with van der Waals surface area (Å²) in [5.74, 6) is -0.317. The van der Waals surface area contributed by atoms with E-state index in [0.29, 0.717) is 13.0 Å². The van der Waals surface area contributed by atoms with Crippen LogP contribution in [0.2, 0.25) is 0 Å². The lowest BCUT2D eigenvalue weighted by Gasteiger charge is -2.32. The molecule has 1 saturated carbocycles. The number of ether oxygens (including phenoxy) is 1. The fraction of sp³-hybridized carbons (Fsp3) is 1.00. The maximum atomic E-state index is 11.1. The Morgan fingerprint density at radius 3 is 3.00 bits per heavy atom. The molecule has 0 unspecified atom stereocenters. The number of aliphatic hydroxyl groups is 1. The molecule has 80 valence electrons. The SMILES string of the molecule is O=[N+]([O-])[C@]12CCCC[C@H]1OC[C@@H]2CO. The van der Waals surface area contributed by atoms with Gasteiger partial charge in [-0.05, 0) is 12.8 Å². The summed E-state index contributed by atoms with van der Waals surface area (Å²) in [6.45, 7) is 0.194. The number of rotatable bonds is 2. The Labute approximate surface area is 82.2 Å². The molecule has 0 bridgehead atoms. The van der Waals surface area contributed by atoms with Gasteiger partial charge in [0.05, 0.1) is 19.1 Å². The predicted octanol–water partition coefficient (Wildman–Crippen LogP) is 0.583. The van der Waals surface area contributed by atoms with E-state index in [-0.39, 0.29) is 23.6 Å². The van der Waals surface area contributed by atoms with Gasteiger partial charge in [-0.1, -0.05) is 6.42 Å². The molecule has 0 aromatic carbocycles. The highest BCUT2D eigenvalue weighted by Gasteiger charge is 2.62. The van der Waals surface area contributed by atoms with Crippen LogP contribution in [0.5, 0.6) is 0 Å². The number of hydrogen-bond donors (Lipinski definition) is 1. The average molecular weight is 201 g/mol. The van der Waals surface area contributed by atoms with Gasteiger partial charge in [0.15, 0.2) is 0 Å². The number of nitrogens with zero attached hydrogens (tertiary/aromatic N) is 1. The lowest BCUT2D eigenvalue weighted by Crippen LogP contribution is -2.53. The molecule has 5 nitrogen and oxygen atoms in total. The van der Waals surface area contributed by atoms with E-state index in [0.717, 1.165) is 19.3 Å². The molecule has 1 N–H and O–H groups in total. The van der Waals surface area contributed by atoms with Crippen LogP contribution in [0.1, 0.15) is 25.7 Å². The van der Waals surface area contributed by atoms with Crippen molar-refractivity contribution < 1.29 is 14.8 Å². The van der Waals surface area contributed by atoms with Crippen LogP contribution >= 0.6 is 0 Å². The van der Waals surface area contributed by atoms with E-state index in [2.05, 4.69) is 0 Å². The second-order valence-corrected chi connectivity index (χ2v) is 4.20. The van der Waals surface area contributed by atoms with E-state index in [9.17, 15) is 10.1 Å². The Kier molecular flexibility index (Phi) is 2.45. The lowest BCUT2D eigenvalue weighted by molar-refractivity contribution is -0.588. The molecule has 0 aromatic heterocycles. The predicted molar refractivity (Wildman–Crippen MR) is 48.5 cm³/mol. The summed E-state index contributed by atoms with van der Waals surface area (Å²) >= 11 is 0. The van der Waals surface area contributed by atoms with Gasteiger partial charge in [-0.3, -0.25) is 10.1 Å². The van der Waals surface area contributed by atoms with E-state index >= 15 is 0 Å².